The van der Waals surface area contributed by atoms with E-state index >= 15 is 0 Å². The Morgan fingerprint density at radius 2 is 2.18 bits per heavy atom. The molecule has 1 atom stereocenters. The van der Waals surface area contributed by atoms with E-state index < -0.39 is 11.5 Å². The molecule has 1 heterocycles. The number of rotatable bonds is 3. The summed E-state index contributed by atoms with van der Waals surface area (Å²) < 4.78 is 27.8. The molecule has 0 bridgehead atoms. The second-order valence-electron chi connectivity index (χ2n) is 5.24. The van der Waals surface area contributed by atoms with Crippen molar-refractivity contribution in [1.82, 2.24) is 5.32 Å². The van der Waals surface area contributed by atoms with Crippen molar-refractivity contribution in [3.05, 3.63) is 35.1 Å². The maximum atomic E-state index is 14.1. The summed E-state index contributed by atoms with van der Waals surface area (Å²) in [6, 6.07) is 5.19. The summed E-state index contributed by atoms with van der Waals surface area (Å²) in [5.41, 5.74) is -0.621. The van der Waals surface area contributed by atoms with Crippen molar-refractivity contribution in [3.63, 3.8) is 0 Å². The Morgan fingerprint density at radius 3 is 2.76 bits per heavy atom. The minimum Gasteiger partial charge on any atom is -0.314 e. The van der Waals surface area contributed by atoms with Gasteiger partial charge in [0.15, 0.2) is 0 Å². The summed E-state index contributed by atoms with van der Waals surface area (Å²) in [7, 11) is 0. The molecule has 1 saturated heterocycles. The Balaban J connectivity index is 2.29. The molecule has 1 aliphatic rings. The highest BCUT2D eigenvalue weighted by Crippen LogP contribution is 2.31. The van der Waals surface area contributed by atoms with Gasteiger partial charge in [-0.05, 0) is 51.3 Å². The highest BCUT2D eigenvalue weighted by molar-refractivity contribution is 5.33. The molecule has 0 radical (unpaired) electrons. The largest absolute Gasteiger partial charge is 0.314 e. The molecule has 1 aliphatic heterocycles. The van der Waals surface area contributed by atoms with Crippen LogP contribution in [0.5, 0.6) is 0 Å². The van der Waals surface area contributed by atoms with Crippen LogP contribution in [-0.2, 0) is 12.1 Å². The zero-order chi connectivity index (χ0) is 12.5. The van der Waals surface area contributed by atoms with E-state index in [1.54, 1.807) is 6.07 Å². The number of hydrogen-bond acceptors (Lipinski definition) is 1. The van der Waals surface area contributed by atoms with Crippen LogP contribution in [0, 0.1) is 5.82 Å². The molecule has 0 aliphatic carbocycles. The molecule has 0 spiro atoms. The van der Waals surface area contributed by atoms with E-state index in [9.17, 15) is 8.78 Å². The maximum absolute atomic E-state index is 14.1. The topological polar surface area (TPSA) is 12.0 Å². The van der Waals surface area contributed by atoms with Crippen LogP contribution in [0.4, 0.5) is 8.78 Å². The standard InChI is InChI=1S/C14H19F2N/c1-14(2,16)13-10(5-3-7-12(13)15)9-11-6-4-8-17-11/h3,5,7,11,17H,4,6,8-9H2,1-2H3. The number of halogens is 2. The van der Waals surface area contributed by atoms with E-state index in [0.717, 1.165) is 24.9 Å². The fourth-order valence-corrected chi connectivity index (χ4v) is 2.60. The predicted molar refractivity (Wildman–Crippen MR) is 65.3 cm³/mol. The second-order valence-corrected chi connectivity index (χ2v) is 5.24. The molecule has 17 heavy (non-hydrogen) atoms. The van der Waals surface area contributed by atoms with Crippen molar-refractivity contribution in [2.45, 2.75) is 44.8 Å². The van der Waals surface area contributed by atoms with Crippen molar-refractivity contribution < 1.29 is 8.78 Å². The molecule has 3 heteroatoms. The fraction of sp³-hybridized carbons (Fsp3) is 0.571. The van der Waals surface area contributed by atoms with Gasteiger partial charge in [-0.1, -0.05) is 12.1 Å². The first kappa shape index (κ1) is 12.5. The first-order valence-corrected chi connectivity index (χ1v) is 6.18. The Morgan fingerprint density at radius 1 is 1.41 bits per heavy atom. The van der Waals surface area contributed by atoms with Gasteiger partial charge in [0.2, 0.25) is 0 Å². The van der Waals surface area contributed by atoms with E-state index in [4.69, 9.17) is 0 Å². The van der Waals surface area contributed by atoms with Gasteiger partial charge < -0.3 is 5.32 Å². The molecule has 1 unspecified atom stereocenters. The Hall–Kier alpha value is -0.960. The summed E-state index contributed by atoms with van der Waals surface area (Å²) >= 11 is 0. The van der Waals surface area contributed by atoms with Crippen LogP contribution in [0.2, 0.25) is 0 Å². The Labute approximate surface area is 101 Å². The summed E-state index contributed by atoms with van der Waals surface area (Å²) in [6.45, 7) is 3.84. The van der Waals surface area contributed by atoms with E-state index in [0.29, 0.717) is 12.5 Å². The van der Waals surface area contributed by atoms with Crippen LogP contribution in [0.15, 0.2) is 18.2 Å². The van der Waals surface area contributed by atoms with Crippen LogP contribution in [0.3, 0.4) is 0 Å². The summed E-state index contributed by atoms with van der Waals surface area (Å²) in [4.78, 5) is 0. The zero-order valence-corrected chi connectivity index (χ0v) is 10.4. The van der Waals surface area contributed by atoms with Gasteiger partial charge in [-0.15, -0.1) is 0 Å². The van der Waals surface area contributed by atoms with Crippen molar-refractivity contribution in [2.24, 2.45) is 0 Å². The minimum absolute atomic E-state index is 0.216. The molecule has 1 aromatic carbocycles. The third kappa shape index (κ3) is 2.83. The normalized spacial score (nSPS) is 20.8. The predicted octanol–water partition coefficient (Wildman–Crippen LogP) is 3.32. The van der Waals surface area contributed by atoms with Gasteiger partial charge in [-0.25, -0.2) is 8.78 Å². The molecule has 1 aromatic rings. The summed E-state index contributed by atoms with van der Waals surface area (Å²) in [6.07, 6.45) is 2.94. The molecule has 1 nitrogen and oxygen atoms in total. The lowest BCUT2D eigenvalue weighted by Gasteiger charge is -2.21. The smallest absolute Gasteiger partial charge is 0.133 e. The van der Waals surface area contributed by atoms with Crippen LogP contribution < -0.4 is 5.32 Å². The van der Waals surface area contributed by atoms with Crippen molar-refractivity contribution in [2.75, 3.05) is 6.54 Å². The number of nitrogens with one attached hydrogen (secondary N) is 1. The summed E-state index contributed by atoms with van der Waals surface area (Å²) in [5.74, 6) is -0.437. The molecule has 1 N–H and O–H groups in total. The average Bonchev–Trinajstić information content (AvgIpc) is 2.68. The quantitative estimate of drug-likeness (QED) is 0.853. The van der Waals surface area contributed by atoms with Gasteiger partial charge >= 0.3 is 0 Å². The maximum Gasteiger partial charge on any atom is 0.133 e. The van der Waals surface area contributed by atoms with Gasteiger partial charge in [0.05, 0.1) is 0 Å². The van der Waals surface area contributed by atoms with Crippen molar-refractivity contribution in [3.8, 4) is 0 Å². The van der Waals surface area contributed by atoms with E-state index in [1.807, 2.05) is 6.07 Å². The number of hydrogen-bond donors (Lipinski definition) is 1. The van der Waals surface area contributed by atoms with Crippen molar-refractivity contribution >= 4 is 0 Å². The minimum atomic E-state index is -1.63. The second kappa shape index (κ2) is 4.73. The van der Waals surface area contributed by atoms with Crippen LogP contribution in [-0.4, -0.2) is 12.6 Å². The monoisotopic (exact) mass is 239 g/mol. The van der Waals surface area contributed by atoms with Gasteiger partial charge in [-0.2, -0.15) is 0 Å². The van der Waals surface area contributed by atoms with Crippen LogP contribution in [0.1, 0.15) is 37.8 Å². The van der Waals surface area contributed by atoms with E-state index in [1.165, 1.54) is 19.9 Å². The lowest BCUT2D eigenvalue weighted by Crippen LogP contribution is -2.26. The van der Waals surface area contributed by atoms with Gasteiger partial charge in [0.1, 0.15) is 11.5 Å². The molecular formula is C14H19F2N. The number of benzene rings is 1. The fourth-order valence-electron chi connectivity index (χ4n) is 2.60. The first-order valence-electron chi connectivity index (χ1n) is 6.18. The highest BCUT2D eigenvalue weighted by atomic mass is 19.1. The highest BCUT2D eigenvalue weighted by Gasteiger charge is 2.27. The molecular weight excluding hydrogens is 220 g/mol. The first-order chi connectivity index (χ1) is 7.98. The lowest BCUT2D eigenvalue weighted by molar-refractivity contribution is 0.211. The SMILES string of the molecule is CC(C)(F)c1c(F)cccc1CC1CCCN1. The van der Waals surface area contributed by atoms with Gasteiger partial charge in [0.25, 0.3) is 0 Å². The van der Waals surface area contributed by atoms with Crippen molar-refractivity contribution in [1.29, 1.82) is 0 Å². The molecule has 2 rings (SSSR count). The molecule has 0 aromatic heterocycles. The molecule has 0 saturated carbocycles. The average molecular weight is 239 g/mol. The van der Waals surface area contributed by atoms with E-state index in [-0.39, 0.29) is 5.56 Å². The Bertz CT molecular complexity index is 390. The summed E-state index contributed by atoms with van der Waals surface area (Å²) in [5, 5.41) is 3.36. The zero-order valence-electron chi connectivity index (χ0n) is 10.4. The van der Waals surface area contributed by atoms with Gasteiger partial charge in [0, 0.05) is 11.6 Å². The molecule has 0 amide bonds. The lowest BCUT2D eigenvalue weighted by atomic mass is 9.90. The number of alkyl halides is 1. The third-order valence-electron chi connectivity index (χ3n) is 3.32. The van der Waals surface area contributed by atoms with Gasteiger partial charge in [-0.3, -0.25) is 0 Å². The molecule has 94 valence electrons. The van der Waals surface area contributed by atoms with Crippen LogP contribution >= 0.6 is 0 Å². The third-order valence-corrected chi connectivity index (χ3v) is 3.32. The molecule has 1 fully saturated rings. The Kier molecular flexibility index (Phi) is 3.48. The van der Waals surface area contributed by atoms with Crippen LogP contribution in [0.25, 0.3) is 0 Å². The van der Waals surface area contributed by atoms with E-state index in [2.05, 4.69) is 5.32 Å².